The van der Waals surface area contributed by atoms with Crippen molar-refractivity contribution in [2.75, 3.05) is 6.54 Å². The Morgan fingerprint density at radius 3 is 2.41 bits per heavy atom. The quantitative estimate of drug-likeness (QED) is 0.814. The summed E-state index contributed by atoms with van der Waals surface area (Å²) >= 11 is 0. The summed E-state index contributed by atoms with van der Waals surface area (Å²) in [6.45, 7) is 12.2. The van der Waals surface area contributed by atoms with Gasteiger partial charge in [0, 0.05) is 23.9 Å². The first-order valence-corrected chi connectivity index (χ1v) is 6.72. The van der Waals surface area contributed by atoms with E-state index in [0.29, 0.717) is 17.9 Å². The molecule has 0 bridgehead atoms. The van der Waals surface area contributed by atoms with E-state index in [4.69, 9.17) is 0 Å². The normalized spacial score (nSPS) is 14.9. The molecule has 0 aliphatic heterocycles. The first-order chi connectivity index (χ1) is 8.06. The highest BCUT2D eigenvalue weighted by molar-refractivity contribution is 5.17. The molecule has 0 aromatic carbocycles. The van der Waals surface area contributed by atoms with E-state index in [1.165, 1.54) is 17.7 Å². The number of nitrogens with zero attached hydrogens (tertiary/aromatic N) is 1. The van der Waals surface area contributed by atoms with Crippen molar-refractivity contribution in [3.8, 4) is 0 Å². The maximum Gasteiger partial charge on any atom is 0.0452 e. The summed E-state index contributed by atoms with van der Waals surface area (Å²) < 4.78 is 0. The summed E-state index contributed by atoms with van der Waals surface area (Å²) in [6, 6.07) is 4.80. The fraction of sp³-hybridized carbons (Fsp3) is 0.667. The molecule has 0 radical (unpaired) electrons. The minimum absolute atomic E-state index is 0.477. The summed E-state index contributed by atoms with van der Waals surface area (Å²) in [5, 5.41) is 3.59. The molecule has 2 atom stereocenters. The van der Waals surface area contributed by atoms with Crippen LogP contribution in [-0.2, 0) is 0 Å². The Kier molecular flexibility index (Phi) is 5.63. The lowest BCUT2D eigenvalue weighted by atomic mass is 9.86. The molecule has 0 amide bonds. The lowest BCUT2D eigenvalue weighted by Gasteiger charge is -2.28. The number of hydrogen-bond acceptors (Lipinski definition) is 2. The van der Waals surface area contributed by atoms with E-state index in [2.05, 4.69) is 57.1 Å². The molecule has 0 aliphatic carbocycles. The van der Waals surface area contributed by atoms with Gasteiger partial charge in [-0.1, -0.05) is 26.8 Å². The Morgan fingerprint density at radius 2 is 1.94 bits per heavy atom. The molecule has 1 heterocycles. The largest absolute Gasteiger partial charge is 0.314 e. The number of aryl methyl sites for hydroxylation is 1. The maximum atomic E-state index is 4.59. The molecule has 2 heteroatoms. The number of nitrogens with one attached hydrogen (secondary N) is 1. The fourth-order valence-electron chi connectivity index (χ4n) is 2.35. The Balaban J connectivity index is 2.81. The Bertz CT molecular complexity index is 316. The van der Waals surface area contributed by atoms with Gasteiger partial charge in [-0.2, -0.15) is 0 Å². The van der Waals surface area contributed by atoms with Crippen LogP contribution in [0.1, 0.15) is 51.3 Å². The monoisotopic (exact) mass is 234 g/mol. The molecule has 0 fully saturated rings. The average molecular weight is 234 g/mol. The molecule has 1 N–H and O–H groups in total. The van der Waals surface area contributed by atoms with Gasteiger partial charge in [-0.25, -0.2) is 0 Å². The number of aromatic nitrogens is 1. The van der Waals surface area contributed by atoms with E-state index in [9.17, 15) is 0 Å². The molecule has 0 spiro atoms. The smallest absolute Gasteiger partial charge is 0.0452 e. The van der Waals surface area contributed by atoms with Gasteiger partial charge < -0.3 is 5.32 Å². The second-order valence-corrected chi connectivity index (χ2v) is 5.27. The van der Waals surface area contributed by atoms with Gasteiger partial charge in [0.1, 0.15) is 0 Å². The van der Waals surface area contributed by atoms with E-state index in [-0.39, 0.29) is 0 Å². The summed E-state index contributed by atoms with van der Waals surface area (Å²) in [7, 11) is 0. The van der Waals surface area contributed by atoms with Crippen LogP contribution in [0.5, 0.6) is 0 Å². The highest BCUT2D eigenvalue weighted by Gasteiger charge is 2.23. The van der Waals surface area contributed by atoms with E-state index in [0.717, 1.165) is 6.54 Å². The number of rotatable bonds is 6. The third kappa shape index (κ3) is 4.12. The lowest BCUT2D eigenvalue weighted by molar-refractivity contribution is 0.371. The van der Waals surface area contributed by atoms with Crippen molar-refractivity contribution >= 4 is 0 Å². The predicted molar refractivity (Wildman–Crippen MR) is 74.3 cm³/mol. The van der Waals surface area contributed by atoms with Gasteiger partial charge in [-0.3, -0.25) is 4.98 Å². The van der Waals surface area contributed by atoms with Gasteiger partial charge in [0.25, 0.3) is 0 Å². The van der Waals surface area contributed by atoms with Crippen LogP contribution in [0, 0.1) is 12.8 Å². The topological polar surface area (TPSA) is 24.9 Å². The second kappa shape index (κ2) is 6.75. The van der Waals surface area contributed by atoms with Crippen molar-refractivity contribution in [2.45, 2.75) is 53.0 Å². The van der Waals surface area contributed by atoms with E-state index >= 15 is 0 Å². The van der Waals surface area contributed by atoms with Crippen LogP contribution < -0.4 is 5.32 Å². The zero-order valence-corrected chi connectivity index (χ0v) is 11.8. The summed E-state index contributed by atoms with van der Waals surface area (Å²) in [4.78, 5) is 4.59. The van der Waals surface area contributed by atoms with Crippen molar-refractivity contribution in [3.05, 3.63) is 29.6 Å². The summed E-state index contributed by atoms with van der Waals surface area (Å²) in [6.07, 6.45) is 3.15. The molecule has 0 saturated carbocycles. The van der Waals surface area contributed by atoms with E-state index < -0.39 is 0 Å². The van der Waals surface area contributed by atoms with Crippen molar-refractivity contribution in [1.29, 1.82) is 0 Å². The van der Waals surface area contributed by atoms with Crippen molar-refractivity contribution in [3.63, 3.8) is 0 Å². The van der Waals surface area contributed by atoms with Crippen LogP contribution in [0.2, 0.25) is 0 Å². The molecular weight excluding hydrogens is 208 g/mol. The highest BCUT2D eigenvalue weighted by atomic mass is 14.9. The number of hydrogen-bond donors (Lipinski definition) is 1. The predicted octanol–water partition coefficient (Wildman–Crippen LogP) is 3.52. The number of pyridine rings is 1. The molecular formula is C15H26N2. The van der Waals surface area contributed by atoms with Crippen LogP contribution in [0.3, 0.4) is 0 Å². The standard InChI is InChI=1S/C15H26N2/c1-6-9-16-13(5)15(11(2)3)14-8-7-12(4)10-17-14/h7-8,10-11,13,15-16H,6,9H2,1-5H3. The van der Waals surface area contributed by atoms with E-state index in [1.54, 1.807) is 0 Å². The summed E-state index contributed by atoms with van der Waals surface area (Å²) in [5.41, 5.74) is 2.44. The van der Waals surface area contributed by atoms with Crippen LogP contribution in [-0.4, -0.2) is 17.6 Å². The maximum absolute atomic E-state index is 4.59. The molecule has 2 nitrogen and oxygen atoms in total. The van der Waals surface area contributed by atoms with Crippen LogP contribution in [0.25, 0.3) is 0 Å². The minimum Gasteiger partial charge on any atom is -0.314 e. The lowest BCUT2D eigenvalue weighted by Crippen LogP contribution is -2.35. The highest BCUT2D eigenvalue weighted by Crippen LogP contribution is 2.26. The van der Waals surface area contributed by atoms with Gasteiger partial charge in [-0.15, -0.1) is 0 Å². The minimum atomic E-state index is 0.477. The van der Waals surface area contributed by atoms with Crippen LogP contribution in [0.4, 0.5) is 0 Å². The Labute approximate surface area is 106 Å². The summed E-state index contributed by atoms with van der Waals surface area (Å²) in [5.74, 6) is 1.09. The molecule has 17 heavy (non-hydrogen) atoms. The zero-order chi connectivity index (χ0) is 12.8. The SMILES string of the molecule is CCCNC(C)C(c1ccc(C)cn1)C(C)C. The Morgan fingerprint density at radius 1 is 1.24 bits per heavy atom. The average Bonchev–Trinajstić information content (AvgIpc) is 2.29. The van der Waals surface area contributed by atoms with E-state index in [1.807, 2.05) is 6.20 Å². The molecule has 0 aliphatic rings. The third-order valence-electron chi connectivity index (χ3n) is 3.25. The van der Waals surface area contributed by atoms with Crippen LogP contribution in [0.15, 0.2) is 18.3 Å². The van der Waals surface area contributed by atoms with Crippen LogP contribution >= 0.6 is 0 Å². The first kappa shape index (κ1) is 14.2. The van der Waals surface area contributed by atoms with Gasteiger partial charge in [0.05, 0.1) is 0 Å². The molecule has 1 rings (SSSR count). The molecule has 1 aromatic heterocycles. The van der Waals surface area contributed by atoms with Crippen molar-refractivity contribution < 1.29 is 0 Å². The van der Waals surface area contributed by atoms with Gasteiger partial charge >= 0.3 is 0 Å². The van der Waals surface area contributed by atoms with Gasteiger partial charge in [0.15, 0.2) is 0 Å². The molecule has 0 saturated heterocycles. The molecule has 1 aromatic rings. The van der Waals surface area contributed by atoms with Gasteiger partial charge in [0.2, 0.25) is 0 Å². The second-order valence-electron chi connectivity index (χ2n) is 5.27. The first-order valence-electron chi connectivity index (χ1n) is 6.72. The molecule has 96 valence electrons. The fourth-order valence-corrected chi connectivity index (χ4v) is 2.35. The zero-order valence-electron chi connectivity index (χ0n) is 11.8. The third-order valence-corrected chi connectivity index (χ3v) is 3.25. The van der Waals surface area contributed by atoms with Gasteiger partial charge in [-0.05, 0) is 44.4 Å². The Hall–Kier alpha value is -0.890. The van der Waals surface area contributed by atoms with Crippen molar-refractivity contribution in [1.82, 2.24) is 10.3 Å². The molecule has 2 unspecified atom stereocenters. The van der Waals surface area contributed by atoms with Crippen molar-refractivity contribution in [2.24, 2.45) is 5.92 Å².